The van der Waals surface area contributed by atoms with Gasteiger partial charge in [0.1, 0.15) is 23.3 Å². The number of phenolic OH excluding ortho intramolecular Hbond substituents is 1. The van der Waals surface area contributed by atoms with E-state index in [1.807, 2.05) is 0 Å². The van der Waals surface area contributed by atoms with Gasteiger partial charge in [-0.15, -0.1) is 0 Å². The van der Waals surface area contributed by atoms with Gasteiger partial charge in [-0.25, -0.2) is 9.79 Å². The van der Waals surface area contributed by atoms with Gasteiger partial charge >= 0.3 is 5.97 Å². The number of carboxylic acid groups (broad SMARTS) is 1. The van der Waals surface area contributed by atoms with E-state index in [0.29, 0.717) is 29.9 Å². The number of allylic oxidation sites excluding steroid dienone is 1. The van der Waals surface area contributed by atoms with Crippen LogP contribution < -0.4 is 4.74 Å². The Labute approximate surface area is 120 Å². The number of benzene rings is 1. The van der Waals surface area contributed by atoms with Crippen LogP contribution in [-0.2, 0) is 4.79 Å². The molecule has 0 saturated carbocycles. The number of carbonyl (C=O) groups excluding carboxylic acids is 1. The predicted octanol–water partition coefficient (Wildman–Crippen LogP) is 1.93. The van der Waals surface area contributed by atoms with Crippen LogP contribution in [0.5, 0.6) is 11.5 Å². The number of Topliss-reactive ketones (excluding diaryl/α,β-unsaturated/α-hetero) is 1. The van der Waals surface area contributed by atoms with E-state index in [4.69, 9.17) is 9.84 Å². The fourth-order valence-electron chi connectivity index (χ4n) is 2.45. The van der Waals surface area contributed by atoms with Crippen molar-refractivity contribution in [2.75, 3.05) is 0 Å². The largest absolute Gasteiger partial charge is 0.508 e. The first-order chi connectivity index (χ1) is 10.0. The van der Waals surface area contributed by atoms with E-state index in [1.54, 1.807) is 6.08 Å². The van der Waals surface area contributed by atoms with Crippen LogP contribution in [0.4, 0.5) is 0 Å². The number of carbonyl (C=O) groups is 2. The first kappa shape index (κ1) is 13.4. The Bertz CT molecular complexity index is 689. The molecule has 0 spiro atoms. The number of ketones is 1. The minimum Gasteiger partial charge on any atom is -0.508 e. The van der Waals surface area contributed by atoms with Gasteiger partial charge < -0.3 is 14.9 Å². The van der Waals surface area contributed by atoms with Gasteiger partial charge in [0.25, 0.3) is 0 Å². The number of fused-ring (bicyclic) bond motifs is 1. The molecule has 3 rings (SSSR count). The normalized spacial score (nSPS) is 21.0. The standard InChI is InChI=1S/C15H13NO5/c17-8-4-5-9-12(18)7-14(21-13(9)6-8)10-2-1-3-11(16-10)15(19)20/h2,4-6,14,17H,1,3,7H2,(H,19,20). The van der Waals surface area contributed by atoms with Crippen LogP contribution in [0.3, 0.4) is 0 Å². The maximum absolute atomic E-state index is 12.1. The molecule has 1 atom stereocenters. The predicted molar refractivity (Wildman–Crippen MR) is 73.9 cm³/mol. The number of phenols is 1. The van der Waals surface area contributed by atoms with Crippen molar-refractivity contribution in [1.82, 2.24) is 0 Å². The minimum absolute atomic E-state index is 0.00884. The average Bonchev–Trinajstić information content (AvgIpc) is 2.46. The molecule has 0 aromatic heterocycles. The van der Waals surface area contributed by atoms with Gasteiger partial charge in [0.2, 0.25) is 0 Å². The Hall–Kier alpha value is -2.63. The summed E-state index contributed by atoms with van der Waals surface area (Å²) in [5.41, 5.74) is 0.953. The Morgan fingerprint density at radius 1 is 1.38 bits per heavy atom. The summed E-state index contributed by atoms with van der Waals surface area (Å²) in [6.07, 6.45) is 2.22. The zero-order chi connectivity index (χ0) is 15.0. The number of hydrogen-bond donors (Lipinski definition) is 2. The van der Waals surface area contributed by atoms with E-state index in [-0.39, 0.29) is 23.7 Å². The minimum atomic E-state index is -1.05. The molecule has 2 heterocycles. The number of aliphatic imine (C=N–C) groups is 1. The lowest BCUT2D eigenvalue weighted by molar-refractivity contribution is -0.129. The zero-order valence-corrected chi connectivity index (χ0v) is 11.1. The molecular weight excluding hydrogens is 274 g/mol. The van der Waals surface area contributed by atoms with Gasteiger partial charge in [0.05, 0.1) is 17.7 Å². The quantitative estimate of drug-likeness (QED) is 0.866. The van der Waals surface area contributed by atoms with Gasteiger partial charge in [0, 0.05) is 12.5 Å². The van der Waals surface area contributed by atoms with E-state index in [1.165, 1.54) is 18.2 Å². The molecule has 0 fully saturated rings. The summed E-state index contributed by atoms with van der Waals surface area (Å²) >= 11 is 0. The summed E-state index contributed by atoms with van der Waals surface area (Å²) in [7, 11) is 0. The first-order valence-corrected chi connectivity index (χ1v) is 6.58. The highest BCUT2D eigenvalue weighted by Crippen LogP contribution is 2.33. The van der Waals surface area contributed by atoms with Gasteiger partial charge in [-0.2, -0.15) is 0 Å². The molecule has 0 amide bonds. The highest BCUT2D eigenvalue weighted by atomic mass is 16.5. The lowest BCUT2D eigenvalue weighted by Gasteiger charge is -2.26. The fourth-order valence-corrected chi connectivity index (χ4v) is 2.45. The van der Waals surface area contributed by atoms with Crippen molar-refractivity contribution >= 4 is 17.5 Å². The summed E-state index contributed by atoms with van der Waals surface area (Å²) in [6, 6.07) is 4.33. The molecular formula is C15H13NO5. The Morgan fingerprint density at radius 2 is 2.19 bits per heavy atom. The zero-order valence-electron chi connectivity index (χ0n) is 11.1. The van der Waals surface area contributed by atoms with Crippen LogP contribution in [0.25, 0.3) is 0 Å². The van der Waals surface area contributed by atoms with Crippen LogP contribution in [-0.4, -0.2) is 33.8 Å². The number of aromatic hydroxyl groups is 1. The lowest BCUT2D eigenvalue weighted by atomic mass is 9.97. The molecule has 6 heteroatoms. The van der Waals surface area contributed by atoms with Crippen LogP contribution in [0.2, 0.25) is 0 Å². The third kappa shape index (κ3) is 2.52. The maximum atomic E-state index is 12.1. The SMILES string of the molecule is O=C(O)C1=NC(C2CC(=O)c3ccc(O)cc3O2)=CCC1. The van der Waals surface area contributed by atoms with E-state index in [2.05, 4.69) is 4.99 Å². The van der Waals surface area contributed by atoms with Gasteiger partial charge in [-0.1, -0.05) is 6.08 Å². The van der Waals surface area contributed by atoms with E-state index < -0.39 is 12.1 Å². The second kappa shape index (κ2) is 5.05. The van der Waals surface area contributed by atoms with Crippen molar-refractivity contribution in [3.63, 3.8) is 0 Å². The average molecular weight is 287 g/mol. The molecule has 2 aliphatic rings. The third-order valence-electron chi connectivity index (χ3n) is 3.48. The number of nitrogens with zero attached hydrogens (tertiary/aromatic N) is 1. The highest BCUT2D eigenvalue weighted by Gasteiger charge is 2.30. The van der Waals surface area contributed by atoms with Gasteiger partial charge in [0.15, 0.2) is 5.78 Å². The smallest absolute Gasteiger partial charge is 0.350 e. The van der Waals surface area contributed by atoms with Crippen molar-refractivity contribution in [1.29, 1.82) is 0 Å². The molecule has 21 heavy (non-hydrogen) atoms. The first-order valence-electron chi connectivity index (χ1n) is 6.58. The van der Waals surface area contributed by atoms with Crippen molar-refractivity contribution in [2.24, 2.45) is 4.99 Å². The Kier molecular flexibility index (Phi) is 3.21. The molecule has 6 nitrogen and oxygen atoms in total. The van der Waals surface area contributed by atoms with Crippen molar-refractivity contribution < 1.29 is 24.5 Å². The molecule has 0 bridgehead atoms. The van der Waals surface area contributed by atoms with Crippen LogP contribution in [0, 0.1) is 0 Å². The summed E-state index contributed by atoms with van der Waals surface area (Å²) in [5, 5.41) is 18.5. The van der Waals surface area contributed by atoms with Crippen LogP contribution in [0.1, 0.15) is 29.6 Å². The van der Waals surface area contributed by atoms with Gasteiger partial charge in [-0.3, -0.25) is 4.79 Å². The number of rotatable bonds is 2. The molecule has 1 unspecified atom stereocenters. The number of hydrogen-bond acceptors (Lipinski definition) is 5. The third-order valence-corrected chi connectivity index (χ3v) is 3.48. The summed E-state index contributed by atoms with van der Waals surface area (Å²) in [6.45, 7) is 0. The van der Waals surface area contributed by atoms with Crippen LogP contribution in [0.15, 0.2) is 35.0 Å². The second-order valence-corrected chi connectivity index (χ2v) is 4.95. The molecule has 0 aliphatic carbocycles. The van der Waals surface area contributed by atoms with Crippen molar-refractivity contribution in [3.05, 3.63) is 35.5 Å². The monoisotopic (exact) mass is 287 g/mol. The molecule has 108 valence electrons. The molecule has 2 N–H and O–H groups in total. The van der Waals surface area contributed by atoms with Gasteiger partial charge in [-0.05, 0) is 18.6 Å². The highest BCUT2D eigenvalue weighted by molar-refractivity contribution is 6.36. The molecule has 1 aromatic carbocycles. The topological polar surface area (TPSA) is 96.2 Å². The summed E-state index contributed by atoms with van der Waals surface area (Å²) in [5.74, 6) is -0.857. The van der Waals surface area contributed by atoms with Crippen molar-refractivity contribution in [3.8, 4) is 11.5 Å². The van der Waals surface area contributed by atoms with E-state index in [9.17, 15) is 14.7 Å². The Balaban J connectivity index is 1.91. The molecule has 1 aromatic rings. The fraction of sp³-hybridized carbons (Fsp3) is 0.267. The number of carboxylic acids is 1. The molecule has 0 radical (unpaired) electrons. The summed E-state index contributed by atoms with van der Waals surface area (Å²) < 4.78 is 5.70. The molecule has 0 saturated heterocycles. The Morgan fingerprint density at radius 3 is 2.95 bits per heavy atom. The second-order valence-electron chi connectivity index (χ2n) is 4.95. The number of ether oxygens (including phenoxy) is 1. The molecule has 2 aliphatic heterocycles. The maximum Gasteiger partial charge on any atom is 0.350 e. The number of aliphatic carboxylic acids is 1. The summed E-state index contributed by atoms with van der Waals surface area (Å²) in [4.78, 5) is 27.2. The van der Waals surface area contributed by atoms with E-state index in [0.717, 1.165) is 0 Å². The lowest BCUT2D eigenvalue weighted by Crippen LogP contribution is -2.30. The van der Waals surface area contributed by atoms with Crippen LogP contribution >= 0.6 is 0 Å². The van der Waals surface area contributed by atoms with Crippen molar-refractivity contribution in [2.45, 2.75) is 25.4 Å². The van der Waals surface area contributed by atoms with E-state index >= 15 is 0 Å².